The molecule has 2 heteroatoms. The van der Waals surface area contributed by atoms with E-state index in [9.17, 15) is 4.79 Å². The molecule has 0 amide bonds. The third kappa shape index (κ3) is 38.7. The molecule has 0 aromatic rings. The number of hydrogen-bond donors (Lipinski definition) is 0. The van der Waals surface area contributed by atoms with Crippen LogP contribution in [0.3, 0.4) is 0 Å². The largest absolute Gasteiger partial charge is 0.466 e. The van der Waals surface area contributed by atoms with Crippen LogP contribution in [-0.4, -0.2) is 12.6 Å². The van der Waals surface area contributed by atoms with Gasteiger partial charge in [-0.1, -0.05) is 179 Å². The van der Waals surface area contributed by atoms with Crippen LogP contribution in [0.1, 0.15) is 219 Å². The lowest BCUT2D eigenvalue weighted by Gasteiger charge is -2.05. The molecule has 0 atom stereocenters. The van der Waals surface area contributed by atoms with Gasteiger partial charge in [-0.2, -0.15) is 0 Å². The fourth-order valence-corrected chi connectivity index (χ4v) is 5.75. The lowest BCUT2D eigenvalue weighted by Crippen LogP contribution is -2.05. The van der Waals surface area contributed by atoms with E-state index in [2.05, 4.69) is 50.3 Å². The molecule has 0 aliphatic carbocycles. The monoisotopic (exact) mass is 615 g/mol. The molecule has 0 fully saturated rings. The highest BCUT2D eigenvalue weighted by molar-refractivity contribution is 5.69. The molecule has 258 valence electrons. The van der Waals surface area contributed by atoms with E-state index >= 15 is 0 Å². The van der Waals surface area contributed by atoms with Crippen LogP contribution >= 0.6 is 0 Å². The Balaban J connectivity index is 3.23. The Hall–Kier alpha value is -1.31. The van der Waals surface area contributed by atoms with E-state index in [1.54, 1.807) is 0 Å². The van der Waals surface area contributed by atoms with Crippen LogP contribution in [0.25, 0.3) is 0 Å². The van der Waals surface area contributed by atoms with Crippen LogP contribution in [0.4, 0.5) is 0 Å². The Kier molecular flexibility index (Phi) is 38.5. The maximum atomic E-state index is 12.0. The third-order valence-corrected chi connectivity index (χ3v) is 8.75. The zero-order chi connectivity index (χ0) is 31.9. The van der Waals surface area contributed by atoms with E-state index in [4.69, 9.17) is 4.74 Å². The summed E-state index contributed by atoms with van der Waals surface area (Å²) < 4.78 is 5.45. The summed E-state index contributed by atoms with van der Waals surface area (Å²) in [4.78, 5) is 12.0. The summed E-state index contributed by atoms with van der Waals surface area (Å²) in [6.45, 7) is 5.16. The number of allylic oxidation sites excluding steroid dienone is 6. The minimum absolute atomic E-state index is 0.0147. The minimum atomic E-state index is 0.0147. The van der Waals surface area contributed by atoms with Crippen LogP contribution in [0.15, 0.2) is 36.5 Å². The summed E-state index contributed by atoms with van der Waals surface area (Å²) in [7, 11) is 0. The van der Waals surface area contributed by atoms with E-state index in [1.807, 2.05) is 0 Å². The van der Waals surface area contributed by atoms with Crippen molar-refractivity contribution in [3.05, 3.63) is 36.5 Å². The second-order valence-electron chi connectivity index (χ2n) is 13.3. The highest BCUT2D eigenvalue weighted by Crippen LogP contribution is 2.14. The lowest BCUT2D eigenvalue weighted by atomic mass is 10.0. The van der Waals surface area contributed by atoms with Crippen molar-refractivity contribution >= 4 is 5.97 Å². The Morgan fingerprint density at radius 3 is 1.16 bits per heavy atom. The summed E-state index contributed by atoms with van der Waals surface area (Å²) in [6, 6.07) is 0. The molecule has 44 heavy (non-hydrogen) atoms. The van der Waals surface area contributed by atoms with Gasteiger partial charge in [-0.25, -0.2) is 0 Å². The Morgan fingerprint density at radius 2 is 0.705 bits per heavy atom. The number of rotatable bonds is 36. The fraction of sp³-hybridized carbons (Fsp3) is 0.833. The van der Waals surface area contributed by atoms with E-state index in [1.165, 1.54) is 180 Å². The van der Waals surface area contributed by atoms with Crippen LogP contribution in [0.5, 0.6) is 0 Å². The summed E-state index contributed by atoms with van der Waals surface area (Å²) in [6.07, 6.45) is 55.1. The SMILES string of the molecule is CCCCC/C=C\C/C=C/CCCCCCCCOC(=O)CCCCCCCCCCCCC/C=C\CCCCCCCC. The van der Waals surface area contributed by atoms with Crippen molar-refractivity contribution in [1.82, 2.24) is 0 Å². The number of esters is 1. The zero-order valence-corrected chi connectivity index (χ0v) is 30.1. The van der Waals surface area contributed by atoms with Crippen molar-refractivity contribution < 1.29 is 9.53 Å². The molecule has 0 unspecified atom stereocenters. The highest BCUT2D eigenvalue weighted by atomic mass is 16.5. The first-order chi connectivity index (χ1) is 21.8. The lowest BCUT2D eigenvalue weighted by molar-refractivity contribution is -0.143. The van der Waals surface area contributed by atoms with Gasteiger partial charge >= 0.3 is 5.97 Å². The van der Waals surface area contributed by atoms with E-state index in [-0.39, 0.29) is 5.97 Å². The maximum Gasteiger partial charge on any atom is 0.305 e. The van der Waals surface area contributed by atoms with Crippen molar-refractivity contribution in [2.75, 3.05) is 6.61 Å². The third-order valence-electron chi connectivity index (χ3n) is 8.75. The average Bonchev–Trinajstić information content (AvgIpc) is 3.03. The topological polar surface area (TPSA) is 26.3 Å². The number of carbonyl (C=O) groups is 1. The molecule has 0 aliphatic rings. The van der Waals surface area contributed by atoms with Gasteiger partial charge in [-0.15, -0.1) is 0 Å². The molecule has 0 aromatic heterocycles. The predicted octanol–water partition coefficient (Wildman–Crippen LogP) is 14.7. The Bertz CT molecular complexity index is 632. The van der Waals surface area contributed by atoms with Gasteiger partial charge in [0.1, 0.15) is 0 Å². The van der Waals surface area contributed by atoms with Crippen molar-refractivity contribution in [2.24, 2.45) is 0 Å². The Labute approximate surface area is 277 Å². The van der Waals surface area contributed by atoms with Gasteiger partial charge in [0.05, 0.1) is 6.61 Å². The van der Waals surface area contributed by atoms with Crippen molar-refractivity contribution in [3.8, 4) is 0 Å². The van der Waals surface area contributed by atoms with Crippen molar-refractivity contribution in [3.63, 3.8) is 0 Å². The predicted molar refractivity (Wildman–Crippen MR) is 197 cm³/mol. The molecule has 0 aliphatic heterocycles. The summed E-state index contributed by atoms with van der Waals surface area (Å²) in [5.74, 6) is 0.0147. The molecule has 0 heterocycles. The van der Waals surface area contributed by atoms with E-state index in [0.717, 1.165) is 19.3 Å². The first-order valence-electron chi connectivity index (χ1n) is 19.9. The second kappa shape index (κ2) is 39.7. The first kappa shape index (κ1) is 42.7. The van der Waals surface area contributed by atoms with Gasteiger partial charge in [0.15, 0.2) is 0 Å². The molecule has 0 saturated heterocycles. The Morgan fingerprint density at radius 1 is 0.386 bits per heavy atom. The van der Waals surface area contributed by atoms with Gasteiger partial charge in [0, 0.05) is 6.42 Å². The molecule has 0 aromatic carbocycles. The average molecular weight is 615 g/mol. The number of ether oxygens (including phenoxy) is 1. The van der Waals surface area contributed by atoms with Crippen LogP contribution in [0, 0.1) is 0 Å². The van der Waals surface area contributed by atoms with Crippen LogP contribution in [0.2, 0.25) is 0 Å². The zero-order valence-electron chi connectivity index (χ0n) is 30.1. The molecule has 0 rings (SSSR count). The summed E-state index contributed by atoms with van der Waals surface area (Å²) in [5, 5.41) is 0. The fourth-order valence-electron chi connectivity index (χ4n) is 5.75. The molecular weight excluding hydrogens is 536 g/mol. The molecule has 0 spiro atoms. The highest BCUT2D eigenvalue weighted by Gasteiger charge is 2.02. The first-order valence-corrected chi connectivity index (χ1v) is 19.9. The van der Waals surface area contributed by atoms with Crippen molar-refractivity contribution in [1.29, 1.82) is 0 Å². The second-order valence-corrected chi connectivity index (χ2v) is 13.3. The van der Waals surface area contributed by atoms with Crippen molar-refractivity contribution in [2.45, 2.75) is 219 Å². The van der Waals surface area contributed by atoms with Gasteiger partial charge < -0.3 is 4.74 Å². The van der Waals surface area contributed by atoms with Gasteiger partial charge in [-0.05, 0) is 70.6 Å². The van der Waals surface area contributed by atoms with Gasteiger partial charge in [0.25, 0.3) is 0 Å². The van der Waals surface area contributed by atoms with Crippen LogP contribution in [-0.2, 0) is 9.53 Å². The smallest absolute Gasteiger partial charge is 0.305 e. The number of hydrogen-bond acceptors (Lipinski definition) is 2. The summed E-state index contributed by atoms with van der Waals surface area (Å²) in [5.41, 5.74) is 0. The standard InChI is InChI=1S/C42H78O2/c1-3-5-7-9-11-13-15-17-19-21-22-23-24-25-26-28-30-32-34-36-38-40-42(43)44-41-39-37-35-33-31-29-27-20-18-16-14-12-10-8-6-4-2/h12,14,17-20H,3-11,13,15-16,21-41H2,1-2H3/b14-12-,19-17-,20-18+. The summed E-state index contributed by atoms with van der Waals surface area (Å²) >= 11 is 0. The molecule has 0 N–H and O–H groups in total. The quantitative estimate of drug-likeness (QED) is 0.0398. The number of unbranched alkanes of at least 4 members (excludes halogenated alkanes) is 26. The molecular formula is C42H78O2. The minimum Gasteiger partial charge on any atom is -0.466 e. The normalized spacial score (nSPS) is 12.0. The molecule has 0 saturated carbocycles. The van der Waals surface area contributed by atoms with E-state index in [0.29, 0.717) is 13.0 Å². The van der Waals surface area contributed by atoms with Crippen LogP contribution < -0.4 is 0 Å². The molecule has 0 bridgehead atoms. The van der Waals surface area contributed by atoms with Gasteiger partial charge in [0.2, 0.25) is 0 Å². The number of carbonyl (C=O) groups excluding carboxylic acids is 1. The molecule has 2 nitrogen and oxygen atoms in total. The molecule has 0 radical (unpaired) electrons. The van der Waals surface area contributed by atoms with Gasteiger partial charge in [-0.3, -0.25) is 4.79 Å². The maximum absolute atomic E-state index is 12.0. The van der Waals surface area contributed by atoms with E-state index < -0.39 is 0 Å².